The van der Waals surface area contributed by atoms with E-state index in [4.69, 9.17) is 9.88 Å². The number of fused-ring (bicyclic) bond motifs is 1. The van der Waals surface area contributed by atoms with Gasteiger partial charge in [-0.2, -0.15) is 13.2 Å². The van der Waals surface area contributed by atoms with Gasteiger partial charge in [0.1, 0.15) is 0 Å². The van der Waals surface area contributed by atoms with Crippen molar-refractivity contribution in [3.8, 4) is 0 Å². The average molecular weight is 428 g/mol. The topological polar surface area (TPSA) is 107 Å². The van der Waals surface area contributed by atoms with Crippen LogP contribution in [0, 0.1) is 0 Å². The SMILES string of the molecule is NS(=O)(=O)c1ccc2c(c1)CCN2C(=O)COC(=O)c1cccc(C(F)(F)F)c1. The van der Waals surface area contributed by atoms with Gasteiger partial charge in [-0.25, -0.2) is 18.4 Å². The number of hydrogen-bond acceptors (Lipinski definition) is 5. The largest absolute Gasteiger partial charge is 0.452 e. The molecule has 154 valence electrons. The van der Waals surface area contributed by atoms with Crippen molar-refractivity contribution in [2.75, 3.05) is 18.1 Å². The molecule has 0 aromatic heterocycles. The summed E-state index contributed by atoms with van der Waals surface area (Å²) >= 11 is 0. The molecule has 0 atom stereocenters. The maximum Gasteiger partial charge on any atom is 0.416 e. The Morgan fingerprint density at radius 1 is 1.14 bits per heavy atom. The Morgan fingerprint density at radius 3 is 2.52 bits per heavy atom. The molecule has 3 rings (SSSR count). The van der Waals surface area contributed by atoms with Crippen LogP contribution in [0.2, 0.25) is 0 Å². The molecule has 0 radical (unpaired) electrons. The van der Waals surface area contributed by atoms with Crippen molar-refractivity contribution in [1.82, 2.24) is 0 Å². The number of rotatable bonds is 4. The number of sulfonamides is 1. The molecular weight excluding hydrogens is 413 g/mol. The summed E-state index contributed by atoms with van der Waals surface area (Å²) in [5.74, 6) is -1.65. The number of anilines is 1. The number of nitrogens with two attached hydrogens (primary N) is 1. The molecule has 0 spiro atoms. The molecule has 29 heavy (non-hydrogen) atoms. The molecule has 0 saturated heterocycles. The molecule has 2 aromatic rings. The molecule has 7 nitrogen and oxygen atoms in total. The highest BCUT2D eigenvalue weighted by atomic mass is 32.2. The summed E-state index contributed by atoms with van der Waals surface area (Å²) in [6.45, 7) is -0.436. The van der Waals surface area contributed by atoms with Gasteiger partial charge in [0.15, 0.2) is 6.61 Å². The number of primary sulfonamides is 1. The van der Waals surface area contributed by atoms with Gasteiger partial charge >= 0.3 is 12.1 Å². The molecule has 1 heterocycles. The first kappa shape index (κ1) is 20.8. The predicted octanol–water partition coefficient (Wildman–Crippen LogP) is 2.10. The fourth-order valence-electron chi connectivity index (χ4n) is 2.93. The molecule has 1 aliphatic rings. The van der Waals surface area contributed by atoms with Gasteiger partial charge in [0, 0.05) is 12.2 Å². The first-order valence-electron chi connectivity index (χ1n) is 8.27. The van der Waals surface area contributed by atoms with Gasteiger partial charge in [0.05, 0.1) is 16.0 Å². The Morgan fingerprint density at radius 2 is 1.86 bits per heavy atom. The summed E-state index contributed by atoms with van der Waals surface area (Å²) < 4.78 is 65.9. The van der Waals surface area contributed by atoms with Gasteiger partial charge in [-0.05, 0) is 48.4 Å². The fourth-order valence-corrected chi connectivity index (χ4v) is 3.49. The third-order valence-corrected chi connectivity index (χ3v) is 5.24. The van der Waals surface area contributed by atoms with E-state index in [0.29, 0.717) is 23.7 Å². The Hall–Kier alpha value is -2.92. The molecule has 0 bridgehead atoms. The van der Waals surface area contributed by atoms with E-state index in [9.17, 15) is 31.2 Å². The summed E-state index contributed by atoms with van der Waals surface area (Å²) in [7, 11) is -3.88. The zero-order valence-corrected chi connectivity index (χ0v) is 15.6. The second kappa shape index (κ2) is 7.48. The molecule has 2 aromatic carbocycles. The van der Waals surface area contributed by atoms with Crippen LogP contribution in [-0.2, 0) is 32.2 Å². The van der Waals surface area contributed by atoms with Gasteiger partial charge in [-0.15, -0.1) is 0 Å². The maximum atomic E-state index is 12.7. The normalized spacial score (nSPS) is 13.9. The minimum Gasteiger partial charge on any atom is -0.452 e. The van der Waals surface area contributed by atoms with Crippen molar-refractivity contribution in [2.45, 2.75) is 17.5 Å². The van der Waals surface area contributed by atoms with Crippen LogP contribution in [0.5, 0.6) is 0 Å². The van der Waals surface area contributed by atoms with Crippen molar-refractivity contribution >= 4 is 27.6 Å². The second-order valence-corrected chi connectivity index (χ2v) is 7.85. The number of hydrogen-bond donors (Lipinski definition) is 1. The van der Waals surface area contributed by atoms with Gasteiger partial charge in [0.25, 0.3) is 5.91 Å². The number of ether oxygens (including phenoxy) is 1. The average Bonchev–Trinajstić information content (AvgIpc) is 3.08. The molecule has 1 amide bonds. The van der Waals surface area contributed by atoms with E-state index in [2.05, 4.69) is 0 Å². The molecule has 0 saturated carbocycles. The minimum atomic E-state index is -4.61. The molecular formula is C18H15F3N2O5S. The van der Waals surface area contributed by atoms with Crippen LogP contribution >= 0.6 is 0 Å². The molecule has 0 unspecified atom stereocenters. The molecule has 0 fully saturated rings. The van der Waals surface area contributed by atoms with Crippen molar-refractivity contribution in [2.24, 2.45) is 5.14 Å². The molecule has 2 N–H and O–H groups in total. The zero-order chi connectivity index (χ0) is 21.4. The first-order valence-corrected chi connectivity index (χ1v) is 9.82. The van der Waals surface area contributed by atoms with E-state index in [1.807, 2.05) is 0 Å². The quantitative estimate of drug-likeness (QED) is 0.751. The highest BCUT2D eigenvalue weighted by molar-refractivity contribution is 7.89. The van der Waals surface area contributed by atoms with Crippen molar-refractivity contribution in [1.29, 1.82) is 0 Å². The monoisotopic (exact) mass is 428 g/mol. The maximum absolute atomic E-state index is 12.7. The van der Waals surface area contributed by atoms with Gasteiger partial charge in [-0.3, -0.25) is 4.79 Å². The van der Waals surface area contributed by atoms with Crippen LogP contribution in [0.3, 0.4) is 0 Å². The number of benzene rings is 2. The van der Waals surface area contributed by atoms with Gasteiger partial charge in [-0.1, -0.05) is 6.07 Å². The van der Waals surface area contributed by atoms with E-state index in [1.165, 1.54) is 23.1 Å². The van der Waals surface area contributed by atoms with Crippen LogP contribution in [0.1, 0.15) is 21.5 Å². The zero-order valence-electron chi connectivity index (χ0n) is 14.8. The smallest absolute Gasteiger partial charge is 0.416 e. The summed E-state index contributed by atoms with van der Waals surface area (Å²) in [4.78, 5) is 25.6. The van der Waals surface area contributed by atoms with E-state index >= 15 is 0 Å². The van der Waals surface area contributed by atoms with Crippen LogP contribution in [-0.4, -0.2) is 33.4 Å². The van der Waals surface area contributed by atoms with Gasteiger partial charge in [0.2, 0.25) is 10.0 Å². The van der Waals surface area contributed by atoms with Gasteiger partial charge < -0.3 is 9.64 Å². The molecule has 0 aliphatic carbocycles. The van der Waals surface area contributed by atoms with E-state index in [1.54, 1.807) is 0 Å². The van der Waals surface area contributed by atoms with Crippen molar-refractivity contribution in [3.05, 3.63) is 59.2 Å². The highest BCUT2D eigenvalue weighted by Crippen LogP contribution is 2.31. The van der Waals surface area contributed by atoms with E-state index in [0.717, 1.165) is 18.2 Å². The fraction of sp³-hybridized carbons (Fsp3) is 0.222. The Balaban J connectivity index is 1.68. The number of halogens is 3. The van der Waals surface area contributed by atoms with Crippen LogP contribution < -0.4 is 10.0 Å². The standard InChI is InChI=1S/C18H15F3N2O5S/c19-18(20,21)13-3-1-2-12(8-13)17(25)28-10-16(24)23-7-6-11-9-14(29(22,26)27)4-5-15(11)23/h1-5,8-9H,6-7,10H2,(H2,22,26,27). The summed E-state index contributed by atoms with van der Waals surface area (Å²) in [6.07, 6.45) is -4.23. The number of alkyl halides is 3. The lowest BCUT2D eigenvalue weighted by molar-refractivity contribution is -0.137. The van der Waals surface area contributed by atoms with E-state index < -0.39 is 40.2 Å². The second-order valence-electron chi connectivity index (χ2n) is 6.29. The first-order chi connectivity index (χ1) is 13.5. The Kier molecular flexibility index (Phi) is 5.37. The predicted molar refractivity (Wildman–Crippen MR) is 95.6 cm³/mol. The molecule has 11 heteroatoms. The molecule has 1 aliphatic heterocycles. The Bertz CT molecular complexity index is 1080. The van der Waals surface area contributed by atoms with E-state index in [-0.39, 0.29) is 17.0 Å². The summed E-state index contributed by atoms with van der Waals surface area (Å²) in [5.41, 5.74) is -0.281. The summed E-state index contributed by atoms with van der Waals surface area (Å²) in [6, 6.07) is 7.74. The van der Waals surface area contributed by atoms with Crippen LogP contribution in [0.4, 0.5) is 18.9 Å². The van der Waals surface area contributed by atoms with Crippen LogP contribution in [0.25, 0.3) is 0 Å². The number of amides is 1. The number of carbonyl (C=O) groups excluding carboxylic acids is 2. The van der Waals surface area contributed by atoms with Crippen molar-refractivity contribution < 1.29 is 35.9 Å². The lowest BCUT2D eigenvalue weighted by Crippen LogP contribution is -2.33. The Labute approximate surface area is 163 Å². The number of esters is 1. The lowest BCUT2D eigenvalue weighted by Gasteiger charge is -2.17. The lowest BCUT2D eigenvalue weighted by atomic mass is 10.1. The highest BCUT2D eigenvalue weighted by Gasteiger charge is 2.31. The third-order valence-electron chi connectivity index (χ3n) is 4.33. The number of carbonyl (C=O) groups is 2. The van der Waals surface area contributed by atoms with Crippen LogP contribution in [0.15, 0.2) is 47.4 Å². The third kappa shape index (κ3) is 4.57. The number of nitrogens with zero attached hydrogens (tertiary/aromatic N) is 1. The summed E-state index contributed by atoms with van der Waals surface area (Å²) in [5, 5.41) is 5.08. The van der Waals surface area contributed by atoms with Crippen molar-refractivity contribution in [3.63, 3.8) is 0 Å². The minimum absolute atomic E-state index is 0.0819.